The van der Waals surface area contributed by atoms with Gasteiger partial charge in [-0.05, 0) is 42.0 Å². The number of non-ortho nitro benzene ring substituents is 1. The van der Waals surface area contributed by atoms with Gasteiger partial charge in [0.15, 0.2) is 0 Å². The molecule has 0 saturated heterocycles. The van der Waals surface area contributed by atoms with Crippen LogP contribution in [0.1, 0.15) is 5.56 Å². The van der Waals surface area contributed by atoms with Crippen LogP contribution in [0.2, 0.25) is 0 Å². The van der Waals surface area contributed by atoms with E-state index in [2.05, 4.69) is 10.5 Å². The number of rotatable bonds is 5. The van der Waals surface area contributed by atoms with Crippen molar-refractivity contribution in [2.24, 2.45) is 5.10 Å². The Hall–Kier alpha value is -2.89. The van der Waals surface area contributed by atoms with Crippen LogP contribution in [0.4, 0.5) is 11.4 Å². The van der Waals surface area contributed by atoms with E-state index in [-0.39, 0.29) is 5.69 Å². The number of hydrogen-bond acceptors (Lipinski definition) is 5. The van der Waals surface area contributed by atoms with Gasteiger partial charge in [-0.25, -0.2) is 0 Å². The zero-order chi connectivity index (χ0) is 14.4. The van der Waals surface area contributed by atoms with Gasteiger partial charge < -0.3 is 4.74 Å². The van der Waals surface area contributed by atoms with Crippen LogP contribution in [0, 0.1) is 10.1 Å². The zero-order valence-corrected chi connectivity index (χ0v) is 10.8. The predicted octanol–water partition coefficient (Wildman–Crippen LogP) is 3.05. The summed E-state index contributed by atoms with van der Waals surface area (Å²) in [6, 6.07) is 13.5. The number of ether oxygens (including phenoxy) is 1. The Balaban J connectivity index is 1.96. The molecule has 1 N–H and O–H groups in total. The number of nitro groups is 1. The molecule has 2 rings (SSSR count). The summed E-state index contributed by atoms with van der Waals surface area (Å²) in [6.45, 7) is 0. The maximum Gasteiger partial charge on any atom is 0.269 e. The van der Waals surface area contributed by atoms with Crippen molar-refractivity contribution in [2.45, 2.75) is 0 Å². The molecule has 6 heteroatoms. The highest BCUT2D eigenvalue weighted by Crippen LogP contribution is 2.15. The van der Waals surface area contributed by atoms with Crippen molar-refractivity contribution in [1.29, 1.82) is 0 Å². The van der Waals surface area contributed by atoms with Crippen molar-refractivity contribution in [1.82, 2.24) is 0 Å². The van der Waals surface area contributed by atoms with Gasteiger partial charge in [-0.15, -0.1) is 0 Å². The first-order valence-electron chi connectivity index (χ1n) is 5.86. The Morgan fingerprint density at radius 1 is 1.15 bits per heavy atom. The van der Waals surface area contributed by atoms with Gasteiger partial charge in [-0.2, -0.15) is 5.10 Å². The average molecular weight is 271 g/mol. The van der Waals surface area contributed by atoms with E-state index in [9.17, 15) is 10.1 Å². The van der Waals surface area contributed by atoms with Crippen molar-refractivity contribution in [3.05, 3.63) is 64.2 Å². The molecule has 20 heavy (non-hydrogen) atoms. The van der Waals surface area contributed by atoms with E-state index in [1.165, 1.54) is 12.1 Å². The lowest BCUT2D eigenvalue weighted by Crippen LogP contribution is -1.92. The van der Waals surface area contributed by atoms with Gasteiger partial charge in [0.05, 0.1) is 23.9 Å². The number of nitro benzene ring substituents is 1. The summed E-state index contributed by atoms with van der Waals surface area (Å²) in [5, 5.41) is 14.6. The molecule has 0 unspecified atom stereocenters. The monoisotopic (exact) mass is 271 g/mol. The van der Waals surface area contributed by atoms with Crippen LogP contribution < -0.4 is 10.2 Å². The summed E-state index contributed by atoms with van der Waals surface area (Å²) in [5.41, 5.74) is 4.45. The average Bonchev–Trinajstić information content (AvgIpc) is 2.48. The van der Waals surface area contributed by atoms with Crippen molar-refractivity contribution < 1.29 is 9.66 Å². The van der Waals surface area contributed by atoms with Crippen LogP contribution in [0.15, 0.2) is 53.6 Å². The lowest BCUT2D eigenvalue weighted by atomic mass is 10.2. The molecule has 0 bridgehead atoms. The normalized spacial score (nSPS) is 10.4. The molecule has 0 atom stereocenters. The summed E-state index contributed by atoms with van der Waals surface area (Å²) in [7, 11) is 1.61. The number of anilines is 1. The van der Waals surface area contributed by atoms with Crippen LogP contribution in [0.3, 0.4) is 0 Å². The molecule has 2 aromatic rings. The number of nitrogens with zero attached hydrogens (tertiary/aromatic N) is 2. The Morgan fingerprint density at radius 3 is 2.35 bits per heavy atom. The first-order chi connectivity index (χ1) is 9.69. The highest BCUT2D eigenvalue weighted by atomic mass is 16.6. The molecule has 0 aliphatic rings. The van der Waals surface area contributed by atoms with Gasteiger partial charge in [-0.3, -0.25) is 15.5 Å². The third kappa shape index (κ3) is 3.55. The highest BCUT2D eigenvalue weighted by Gasteiger charge is 2.02. The fourth-order valence-electron chi connectivity index (χ4n) is 1.53. The quantitative estimate of drug-likeness (QED) is 0.515. The second-order valence-electron chi connectivity index (χ2n) is 3.95. The Kier molecular flexibility index (Phi) is 4.28. The van der Waals surface area contributed by atoms with E-state index in [1.54, 1.807) is 25.5 Å². The second kappa shape index (κ2) is 6.33. The van der Waals surface area contributed by atoms with Crippen LogP contribution in [0.5, 0.6) is 5.75 Å². The minimum atomic E-state index is -0.440. The van der Waals surface area contributed by atoms with Crippen LogP contribution in [-0.2, 0) is 0 Å². The van der Waals surface area contributed by atoms with Crippen LogP contribution in [-0.4, -0.2) is 18.2 Å². The molecule has 0 heterocycles. The van der Waals surface area contributed by atoms with Crippen molar-refractivity contribution in [3.8, 4) is 5.75 Å². The standard InChI is InChI=1S/C14H13N3O3/c1-20-14-8-2-11(3-9-14)10-15-16-12-4-6-13(7-5-12)17(18)19/h2-10,16H,1H3/b15-10-. The third-order valence-corrected chi connectivity index (χ3v) is 2.60. The largest absolute Gasteiger partial charge is 0.497 e. The number of hydrazone groups is 1. The lowest BCUT2D eigenvalue weighted by Gasteiger charge is -2.00. The third-order valence-electron chi connectivity index (χ3n) is 2.60. The Morgan fingerprint density at radius 2 is 1.80 bits per heavy atom. The fourth-order valence-corrected chi connectivity index (χ4v) is 1.53. The lowest BCUT2D eigenvalue weighted by molar-refractivity contribution is -0.384. The first kappa shape index (κ1) is 13.5. The summed E-state index contributed by atoms with van der Waals surface area (Å²) in [4.78, 5) is 10.1. The van der Waals surface area contributed by atoms with Crippen molar-refractivity contribution >= 4 is 17.6 Å². The molecule has 0 saturated carbocycles. The van der Waals surface area contributed by atoms with E-state index in [0.29, 0.717) is 5.69 Å². The summed E-state index contributed by atoms with van der Waals surface area (Å²) in [5.74, 6) is 0.783. The maximum atomic E-state index is 10.5. The summed E-state index contributed by atoms with van der Waals surface area (Å²) < 4.78 is 5.06. The van der Waals surface area contributed by atoms with Crippen LogP contribution >= 0.6 is 0 Å². The zero-order valence-electron chi connectivity index (χ0n) is 10.8. The molecular weight excluding hydrogens is 258 g/mol. The maximum absolute atomic E-state index is 10.5. The van der Waals surface area contributed by atoms with E-state index in [4.69, 9.17) is 4.74 Å². The number of nitrogens with one attached hydrogen (secondary N) is 1. The predicted molar refractivity (Wildman–Crippen MR) is 77.3 cm³/mol. The highest BCUT2D eigenvalue weighted by molar-refractivity contribution is 5.80. The van der Waals surface area contributed by atoms with E-state index in [0.717, 1.165) is 11.3 Å². The van der Waals surface area contributed by atoms with Gasteiger partial charge in [0.2, 0.25) is 0 Å². The molecule has 102 valence electrons. The molecule has 6 nitrogen and oxygen atoms in total. The fraction of sp³-hybridized carbons (Fsp3) is 0.0714. The van der Waals surface area contributed by atoms with Gasteiger partial charge in [-0.1, -0.05) is 0 Å². The van der Waals surface area contributed by atoms with Gasteiger partial charge in [0.25, 0.3) is 5.69 Å². The minimum absolute atomic E-state index is 0.0506. The summed E-state index contributed by atoms with van der Waals surface area (Å²) >= 11 is 0. The molecule has 0 aromatic heterocycles. The van der Waals surface area contributed by atoms with E-state index < -0.39 is 4.92 Å². The molecule has 0 radical (unpaired) electrons. The topological polar surface area (TPSA) is 76.8 Å². The first-order valence-corrected chi connectivity index (χ1v) is 5.86. The Bertz CT molecular complexity index is 607. The Labute approximate surface area is 115 Å². The number of methoxy groups -OCH3 is 1. The van der Waals surface area contributed by atoms with Crippen molar-refractivity contribution in [2.75, 3.05) is 12.5 Å². The van der Waals surface area contributed by atoms with Gasteiger partial charge in [0, 0.05) is 12.1 Å². The van der Waals surface area contributed by atoms with E-state index >= 15 is 0 Å². The van der Waals surface area contributed by atoms with Crippen molar-refractivity contribution in [3.63, 3.8) is 0 Å². The molecular formula is C14H13N3O3. The summed E-state index contributed by atoms with van der Waals surface area (Å²) in [6.07, 6.45) is 1.65. The molecule has 0 aliphatic heterocycles. The molecule has 0 amide bonds. The molecule has 0 fully saturated rings. The molecule has 0 aliphatic carbocycles. The minimum Gasteiger partial charge on any atom is -0.497 e. The van der Waals surface area contributed by atoms with Crippen LogP contribution in [0.25, 0.3) is 0 Å². The smallest absolute Gasteiger partial charge is 0.269 e. The van der Waals surface area contributed by atoms with Gasteiger partial charge >= 0.3 is 0 Å². The number of hydrogen-bond donors (Lipinski definition) is 1. The van der Waals surface area contributed by atoms with Gasteiger partial charge in [0.1, 0.15) is 5.75 Å². The molecule has 2 aromatic carbocycles. The number of benzene rings is 2. The van der Waals surface area contributed by atoms with E-state index in [1.807, 2.05) is 24.3 Å². The molecule has 0 spiro atoms. The second-order valence-corrected chi connectivity index (χ2v) is 3.95. The SMILES string of the molecule is COc1ccc(/C=N\Nc2ccc([N+](=O)[O-])cc2)cc1.